The fraction of sp³-hybridized carbons (Fsp3) is 0.333. The largest absolute Gasteiger partial charge is 0.414 e. The zero-order chi connectivity index (χ0) is 6.57. The molecule has 1 amide bonds. The topological polar surface area (TPSA) is 88.2 Å². The predicted molar refractivity (Wildman–Crippen MR) is 27.5 cm³/mol. The Morgan fingerprint density at radius 1 is 1.88 bits per heavy atom. The smallest absolute Gasteiger partial charge is 0.377 e. The lowest BCUT2D eigenvalue weighted by Gasteiger charge is -1.96. The molecule has 0 aliphatic heterocycles. The fourth-order valence-corrected chi connectivity index (χ4v) is 0.151. The van der Waals surface area contributed by atoms with E-state index in [1.54, 1.807) is 0 Å². The quantitative estimate of drug-likeness (QED) is 0.287. The number of hydrogen-bond acceptors (Lipinski definition) is 3. The molecule has 0 spiro atoms. The van der Waals surface area contributed by atoms with E-state index in [-0.39, 0.29) is 0 Å². The van der Waals surface area contributed by atoms with Crippen molar-refractivity contribution in [2.75, 3.05) is 7.05 Å². The van der Waals surface area contributed by atoms with Crippen molar-refractivity contribution >= 4 is 12.1 Å². The first-order chi connectivity index (χ1) is 3.66. The third kappa shape index (κ3) is 2.95. The molecule has 0 heterocycles. The van der Waals surface area contributed by atoms with Crippen LogP contribution in [-0.2, 0) is 4.74 Å². The van der Waals surface area contributed by atoms with E-state index in [1.165, 1.54) is 7.05 Å². The summed E-state index contributed by atoms with van der Waals surface area (Å²) < 4.78 is 4.01. The summed E-state index contributed by atoms with van der Waals surface area (Å²) >= 11 is 0. The number of carbonyl (C=O) groups is 1. The van der Waals surface area contributed by atoms with Crippen molar-refractivity contribution in [3.05, 3.63) is 0 Å². The zero-order valence-corrected chi connectivity index (χ0v) is 4.39. The lowest BCUT2D eigenvalue weighted by molar-refractivity contribution is 0.198. The maximum Gasteiger partial charge on any atom is 0.414 e. The van der Waals surface area contributed by atoms with Crippen LogP contribution >= 0.6 is 0 Å². The lowest BCUT2D eigenvalue weighted by Crippen LogP contribution is -2.26. The molecule has 0 aromatic carbocycles. The van der Waals surface area contributed by atoms with Crippen LogP contribution < -0.4 is 11.1 Å². The fourth-order valence-electron chi connectivity index (χ4n) is 0.151. The molecule has 0 aliphatic rings. The van der Waals surface area contributed by atoms with Gasteiger partial charge in [-0.3, -0.25) is 5.41 Å². The lowest BCUT2D eigenvalue weighted by atomic mass is 11.0. The molecule has 0 atom stereocenters. The average Bonchev–Trinajstić information content (AvgIpc) is 1.65. The molecule has 8 heavy (non-hydrogen) atoms. The maximum atomic E-state index is 10.1. The molecule has 46 valence electrons. The number of ether oxygens (including phenoxy) is 1. The number of alkyl carbamates (subject to hydrolysis) is 1. The Kier molecular flexibility index (Phi) is 2.39. The molecule has 0 aromatic heterocycles. The second kappa shape index (κ2) is 2.84. The number of nitrogens with one attached hydrogen (secondary N) is 2. The summed E-state index contributed by atoms with van der Waals surface area (Å²) in [6.45, 7) is 0. The van der Waals surface area contributed by atoms with E-state index < -0.39 is 12.1 Å². The van der Waals surface area contributed by atoms with Crippen LogP contribution in [0.3, 0.4) is 0 Å². The Hall–Kier alpha value is -1.26. The van der Waals surface area contributed by atoms with E-state index in [4.69, 9.17) is 5.41 Å². The van der Waals surface area contributed by atoms with E-state index >= 15 is 0 Å². The monoisotopic (exact) mass is 117 g/mol. The number of rotatable bonds is 0. The standard InChI is InChI=1S/C3H7N3O2/c1-6-3(7)8-2(4)5/h1H3,(H3,4,5)(H,6,7). The molecule has 4 N–H and O–H groups in total. The molecule has 0 bridgehead atoms. The van der Waals surface area contributed by atoms with Crippen LogP contribution in [0.25, 0.3) is 0 Å². The second-order valence-electron chi connectivity index (χ2n) is 1.00. The number of amidine groups is 1. The minimum Gasteiger partial charge on any atom is -0.377 e. The van der Waals surface area contributed by atoms with Crippen LogP contribution in [0, 0.1) is 5.41 Å². The second-order valence-corrected chi connectivity index (χ2v) is 1.00. The summed E-state index contributed by atoms with van der Waals surface area (Å²) in [6.07, 6.45) is -0.725. The molecule has 0 unspecified atom stereocenters. The van der Waals surface area contributed by atoms with Gasteiger partial charge in [0.15, 0.2) is 0 Å². The van der Waals surface area contributed by atoms with Crippen molar-refractivity contribution < 1.29 is 9.53 Å². The predicted octanol–water partition coefficient (Wildman–Crippen LogP) is -0.764. The molecule has 0 aromatic rings. The molecule has 0 saturated heterocycles. The van der Waals surface area contributed by atoms with Gasteiger partial charge in [0.25, 0.3) is 6.02 Å². The average molecular weight is 117 g/mol. The summed E-state index contributed by atoms with van der Waals surface area (Å²) in [6, 6.07) is -0.607. The molecular formula is C3H7N3O2. The van der Waals surface area contributed by atoms with Gasteiger partial charge < -0.3 is 15.8 Å². The van der Waals surface area contributed by atoms with Gasteiger partial charge in [0.1, 0.15) is 0 Å². The molecule has 5 heteroatoms. The number of hydrogen-bond donors (Lipinski definition) is 3. The van der Waals surface area contributed by atoms with Gasteiger partial charge in [0, 0.05) is 7.05 Å². The Morgan fingerprint density at radius 2 is 2.38 bits per heavy atom. The summed E-state index contributed by atoms with van der Waals surface area (Å²) in [5.41, 5.74) is 4.67. The van der Waals surface area contributed by atoms with E-state index in [1.807, 2.05) is 0 Å². The number of amides is 1. The van der Waals surface area contributed by atoms with Crippen LogP contribution in [0.5, 0.6) is 0 Å². The highest BCUT2D eigenvalue weighted by molar-refractivity contribution is 5.83. The van der Waals surface area contributed by atoms with Gasteiger partial charge in [-0.1, -0.05) is 0 Å². The molecule has 5 nitrogen and oxygen atoms in total. The SMILES string of the molecule is CNC(=O)OC(=N)N. The Bertz CT molecular complexity index is 111. The van der Waals surface area contributed by atoms with Crippen LogP contribution in [0.15, 0.2) is 0 Å². The molecule has 0 rings (SSSR count). The van der Waals surface area contributed by atoms with Crippen molar-refractivity contribution in [1.82, 2.24) is 5.32 Å². The van der Waals surface area contributed by atoms with Gasteiger partial charge in [0.05, 0.1) is 0 Å². The van der Waals surface area contributed by atoms with Crippen LogP contribution in [0.2, 0.25) is 0 Å². The van der Waals surface area contributed by atoms with Gasteiger partial charge in [-0.25, -0.2) is 4.79 Å². The Morgan fingerprint density at radius 3 is 2.50 bits per heavy atom. The molecule has 0 saturated carbocycles. The highest BCUT2D eigenvalue weighted by Gasteiger charge is 1.96. The minimum atomic E-state index is -0.725. The van der Waals surface area contributed by atoms with E-state index in [0.717, 1.165) is 0 Å². The summed E-state index contributed by atoms with van der Waals surface area (Å²) in [5.74, 6) is 0. The van der Waals surface area contributed by atoms with Gasteiger partial charge in [-0.15, -0.1) is 0 Å². The van der Waals surface area contributed by atoms with Crippen molar-refractivity contribution in [3.63, 3.8) is 0 Å². The Balaban J connectivity index is 3.40. The van der Waals surface area contributed by atoms with Crippen LogP contribution in [0.4, 0.5) is 4.79 Å². The minimum absolute atomic E-state index is 0.607. The van der Waals surface area contributed by atoms with Gasteiger partial charge in [-0.2, -0.15) is 0 Å². The third-order valence-electron chi connectivity index (χ3n) is 0.407. The van der Waals surface area contributed by atoms with Gasteiger partial charge in [-0.05, 0) is 0 Å². The van der Waals surface area contributed by atoms with E-state index in [0.29, 0.717) is 0 Å². The Labute approximate surface area is 46.3 Å². The highest BCUT2D eigenvalue weighted by atomic mass is 16.6. The van der Waals surface area contributed by atoms with Gasteiger partial charge >= 0.3 is 6.09 Å². The summed E-state index contributed by atoms with van der Waals surface area (Å²) in [7, 11) is 1.38. The van der Waals surface area contributed by atoms with Crippen LogP contribution in [0.1, 0.15) is 0 Å². The van der Waals surface area contributed by atoms with Crippen LogP contribution in [-0.4, -0.2) is 19.2 Å². The molecule has 0 radical (unpaired) electrons. The first-order valence-corrected chi connectivity index (χ1v) is 1.90. The molecule has 0 fully saturated rings. The third-order valence-corrected chi connectivity index (χ3v) is 0.407. The summed E-state index contributed by atoms with van der Waals surface area (Å²) in [4.78, 5) is 10.1. The van der Waals surface area contributed by atoms with Crippen molar-refractivity contribution in [1.29, 1.82) is 5.41 Å². The van der Waals surface area contributed by atoms with Crippen molar-refractivity contribution in [2.45, 2.75) is 0 Å². The van der Waals surface area contributed by atoms with Crippen molar-refractivity contribution in [2.24, 2.45) is 5.73 Å². The zero-order valence-electron chi connectivity index (χ0n) is 4.39. The van der Waals surface area contributed by atoms with E-state index in [9.17, 15) is 4.79 Å². The highest BCUT2D eigenvalue weighted by Crippen LogP contribution is 1.69. The number of nitrogens with two attached hydrogens (primary N) is 1. The molecular weight excluding hydrogens is 110 g/mol. The van der Waals surface area contributed by atoms with Gasteiger partial charge in [0.2, 0.25) is 0 Å². The van der Waals surface area contributed by atoms with Crippen molar-refractivity contribution in [3.8, 4) is 0 Å². The maximum absolute atomic E-state index is 10.1. The first-order valence-electron chi connectivity index (χ1n) is 1.90. The first kappa shape index (κ1) is 6.74. The molecule has 0 aliphatic carbocycles. The van der Waals surface area contributed by atoms with E-state index in [2.05, 4.69) is 15.8 Å². The normalized spacial score (nSPS) is 7.62. The summed E-state index contributed by atoms with van der Waals surface area (Å²) in [5, 5.41) is 8.54. The number of carbonyl (C=O) groups excluding carboxylic acids is 1.